The predicted octanol–water partition coefficient (Wildman–Crippen LogP) is 2.55. The molecule has 0 saturated heterocycles. The summed E-state index contributed by atoms with van der Waals surface area (Å²) in [6, 6.07) is 0. The highest BCUT2D eigenvalue weighted by atomic mass is 32.1. The summed E-state index contributed by atoms with van der Waals surface area (Å²) in [5.74, 6) is 0. The van der Waals surface area contributed by atoms with Gasteiger partial charge in [-0.3, -0.25) is 0 Å². The molecule has 5 heteroatoms. The summed E-state index contributed by atoms with van der Waals surface area (Å²) in [6.07, 6.45) is 3.02. The van der Waals surface area contributed by atoms with Crippen molar-refractivity contribution in [3.05, 3.63) is 32.2 Å². The SMILES string of the molecule is Cc1csc(CNCCc2cnc(C)s2)n1. The Morgan fingerprint density at radius 3 is 2.88 bits per heavy atom. The molecule has 0 fully saturated rings. The van der Waals surface area contributed by atoms with Crippen LogP contribution in [0.3, 0.4) is 0 Å². The molecule has 16 heavy (non-hydrogen) atoms. The van der Waals surface area contributed by atoms with E-state index in [1.807, 2.05) is 20.0 Å². The van der Waals surface area contributed by atoms with E-state index in [-0.39, 0.29) is 0 Å². The van der Waals surface area contributed by atoms with Crippen LogP contribution in [0.5, 0.6) is 0 Å². The number of nitrogens with one attached hydrogen (secondary N) is 1. The van der Waals surface area contributed by atoms with Crippen molar-refractivity contribution in [3.8, 4) is 0 Å². The van der Waals surface area contributed by atoms with E-state index in [1.54, 1.807) is 22.7 Å². The van der Waals surface area contributed by atoms with E-state index in [4.69, 9.17) is 0 Å². The highest BCUT2D eigenvalue weighted by molar-refractivity contribution is 7.11. The Hall–Kier alpha value is -0.780. The Morgan fingerprint density at radius 2 is 2.25 bits per heavy atom. The number of aromatic nitrogens is 2. The van der Waals surface area contributed by atoms with Crippen molar-refractivity contribution in [1.29, 1.82) is 0 Å². The summed E-state index contributed by atoms with van der Waals surface area (Å²) in [4.78, 5) is 9.99. The summed E-state index contributed by atoms with van der Waals surface area (Å²) < 4.78 is 0. The number of hydrogen-bond acceptors (Lipinski definition) is 5. The molecule has 0 aliphatic heterocycles. The Labute approximate surface area is 104 Å². The largest absolute Gasteiger partial charge is 0.310 e. The van der Waals surface area contributed by atoms with Crippen LogP contribution in [-0.4, -0.2) is 16.5 Å². The van der Waals surface area contributed by atoms with Crippen LogP contribution in [0.4, 0.5) is 0 Å². The van der Waals surface area contributed by atoms with Crippen molar-refractivity contribution in [2.24, 2.45) is 0 Å². The van der Waals surface area contributed by atoms with Gasteiger partial charge in [-0.25, -0.2) is 9.97 Å². The van der Waals surface area contributed by atoms with E-state index >= 15 is 0 Å². The second kappa shape index (κ2) is 5.52. The maximum atomic E-state index is 4.41. The molecule has 2 aromatic rings. The van der Waals surface area contributed by atoms with E-state index in [2.05, 4.69) is 20.7 Å². The molecule has 0 aliphatic carbocycles. The number of thiazole rings is 2. The second-order valence-electron chi connectivity index (χ2n) is 3.65. The zero-order valence-electron chi connectivity index (χ0n) is 9.49. The quantitative estimate of drug-likeness (QED) is 0.832. The van der Waals surface area contributed by atoms with Crippen molar-refractivity contribution < 1.29 is 0 Å². The summed E-state index contributed by atoms with van der Waals surface area (Å²) in [5.41, 5.74) is 1.11. The molecule has 2 rings (SSSR count). The van der Waals surface area contributed by atoms with Gasteiger partial charge in [-0.1, -0.05) is 0 Å². The normalized spacial score (nSPS) is 10.9. The first-order valence-corrected chi connectivity index (χ1v) is 6.96. The molecule has 0 atom stereocenters. The van der Waals surface area contributed by atoms with Gasteiger partial charge in [0.2, 0.25) is 0 Å². The lowest BCUT2D eigenvalue weighted by atomic mass is 10.4. The third kappa shape index (κ3) is 3.37. The molecule has 0 saturated carbocycles. The van der Waals surface area contributed by atoms with Crippen LogP contribution in [0, 0.1) is 13.8 Å². The van der Waals surface area contributed by atoms with Crippen LogP contribution < -0.4 is 5.32 Å². The molecule has 0 bridgehead atoms. The lowest BCUT2D eigenvalue weighted by molar-refractivity contribution is 0.686. The zero-order chi connectivity index (χ0) is 11.4. The number of hydrogen-bond donors (Lipinski definition) is 1. The molecule has 0 aromatic carbocycles. The van der Waals surface area contributed by atoms with E-state index in [0.29, 0.717) is 0 Å². The molecule has 86 valence electrons. The molecule has 3 nitrogen and oxygen atoms in total. The first-order chi connectivity index (χ1) is 7.74. The van der Waals surface area contributed by atoms with Gasteiger partial charge >= 0.3 is 0 Å². The summed E-state index contributed by atoms with van der Waals surface area (Å²) >= 11 is 3.49. The van der Waals surface area contributed by atoms with E-state index in [9.17, 15) is 0 Å². The van der Waals surface area contributed by atoms with Gasteiger partial charge in [0.1, 0.15) is 5.01 Å². The fourth-order valence-electron chi connectivity index (χ4n) is 1.41. The minimum absolute atomic E-state index is 0.871. The van der Waals surface area contributed by atoms with Crippen LogP contribution in [0.2, 0.25) is 0 Å². The first-order valence-electron chi connectivity index (χ1n) is 5.27. The Morgan fingerprint density at radius 1 is 1.38 bits per heavy atom. The molecular formula is C11H15N3S2. The van der Waals surface area contributed by atoms with Crippen LogP contribution >= 0.6 is 22.7 Å². The van der Waals surface area contributed by atoms with Gasteiger partial charge in [-0.15, -0.1) is 22.7 Å². The van der Waals surface area contributed by atoms with E-state index < -0.39 is 0 Å². The van der Waals surface area contributed by atoms with Gasteiger partial charge in [0.15, 0.2) is 0 Å². The molecule has 0 radical (unpaired) electrons. The number of nitrogens with zero attached hydrogens (tertiary/aromatic N) is 2. The third-order valence-electron chi connectivity index (χ3n) is 2.16. The summed E-state index contributed by atoms with van der Waals surface area (Å²) in [6.45, 7) is 5.93. The minimum Gasteiger partial charge on any atom is -0.310 e. The highest BCUT2D eigenvalue weighted by Crippen LogP contribution is 2.12. The fourth-order valence-corrected chi connectivity index (χ4v) is 2.95. The van der Waals surface area contributed by atoms with Crippen molar-refractivity contribution in [2.45, 2.75) is 26.8 Å². The molecule has 0 spiro atoms. The molecule has 2 aromatic heterocycles. The van der Waals surface area contributed by atoms with Crippen LogP contribution in [-0.2, 0) is 13.0 Å². The summed E-state index contributed by atoms with van der Waals surface area (Å²) in [7, 11) is 0. The van der Waals surface area contributed by atoms with Gasteiger partial charge in [-0.2, -0.15) is 0 Å². The van der Waals surface area contributed by atoms with Crippen molar-refractivity contribution in [2.75, 3.05) is 6.54 Å². The van der Waals surface area contributed by atoms with E-state index in [1.165, 1.54) is 4.88 Å². The predicted molar refractivity (Wildman–Crippen MR) is 69.1 cm³/mol. The van der Waals surface area contributed by atoms with Gasteiger partial charge in [-0.05, 0) is 20.3 Å². The maximum Gasteiger partial charge on any atom is 0.107 e. The Bertz CT molecular complexity index is 405. The molecule has 0 unspecified atom stereocenters. The van der Waals surface area contributed by atoms with Crippen LogP contribution in [0.25, 0.3) is 0 Å². The smallest absolute Gasteiger partial charge is 0.107 e. The maximum absolute atomic E-state index is 4.41. The van der Waals surface area contributed by atoms with Gasteiger partial charge in [0.05, 0.1) is 5.01 Å². The van der Waals surface area contributed by atoms with Crippen molar-refractivity contribution in [3.63, 3.8) is 0 Å². The average molecular weight is 253 g/mol. The van der Waals surface area contributed by atoms with Crippen LogP contribution in [0.15, 0.2) is 11.6 Å². The third-order valence-corrected chi connectivity index (χ3v) is 4.10. The molecule has 1 N–H and O–H groups in total. The Balaban J connectivity index is 1.69. The minimum atomic E-state index is 0.871. The molecule has 0 amide bonds. The highest BCUT2D eigenvalue weighted by Gasteiger charge is 1.99. The lowest BCUT2D eigenvalue weighted by Gasteiger charge is -1.99. The number of aryl methyl sites for hydroxylation is 2. The van der Waals surface area contributed by atoms with Crippen LogP contribution in [0.1, 0.15) is 20.6 Å². The van der Waals surface area contributed by atoms with Gasteiger partial charge in [0, 0.05) is 35.2 Å². The van der Waals surface area contributed by atoms with Crippen molar-refractivity contribution in [1.82, 2.24) is 15.3 Å². The number of rotatable bonds is 5. The summed E-state index contributed by atoms with van der Waals surface area (Å²) in [5, 5.41) is 7.80. The lowest BCUT2D eigenvalue weighted by Crippen LogP contribution is -2.16. The molecule has 2 heterocycles. The zero-order valence-corrected chi connectivity index (χ0v) is 11.1. The monoisotopic (exact) mass is 253 g/mol. The van der Waals surface area contributed by atoms with Gasteiger partial charge in [0.25, 0.3) is 0 Å². The molecule has 0 aliphatic rings. The van der Waals surface area contributed by atoms with Crippen molar-refractivity contribution >= 4 is 22.7 Å². The second-order valence-corrected chi connectivity index (χ2v) is 5.92. The topological polar surface area (TPSA) is 37.8 Å². The standard InChI is InChI=1S/C11H15N3S2/c1-8-7-15-11(14-8)6-12-4-3-10-5-13-9(2)16-10/h5,7,12H,3-4,6H2,1-2H3. The van der Waals surface area contributed by atoms with Gasteiger partial charge < -0.3 is 5.32 Å². The Kier molecular flexibility index (Phi) is 4.04. The average Bonchev–Trinajstić information content (AvgIpc) is 2.83. The van der Waals surface area contributed by atoms with E-state index in [0.717, 1.165) is 35.2 Å². The first kappa shape index (κ1) is 11.7. The molecular weight excluding hydrogens is 238 g/mol. The fraction of sp³-hybridized carbons (Fsp3) is 0.455.